The molecule has 2 rings (SSSR count). The summed E-state index contributed by atoms with van der Waals surface area (Å²) in [7, 11) is 0. The van der Waals surface area contributed by atoms with E-state index < -0.39 is 24.7 Å². The van der Waals surface area contributed by atoms with E-state index in [0.717, 1.165) is 4.90 Å². The van der Waals surface area contributed by atoms with E-state index in [1.54, 1.807) is 23.1 Å². The molecule has 1 aromatic rings. The predicted molar refractivity (Wildman–Crippen MR) is 65.9 cm³/mol. The number of rotatable bonds is 5. The number of nitrogens with zero attached hydrogens (tertiary/aromatic N) is 3. The van der Waals surface area contributed by atoms with Crippen LogP contribution in [0.15, 0.2) is 18.5 Å². The average Bonchev–Trinajstić information content (AvgIpc) is 2.92. The molecule has 1 aliphatic rings. The first-order chi connectivity index (χ1) is 9.35. The number of carbonyl (C=O) groups excluding carboxylic acids is 1. The molecule has 0 aliphatic carbocycles. The summed E-state index contributed by atoms with van der Waals surface area (Å²) in [6.45, 7) is 1.42. The lowest BCUT2D eigenvalue weighted by molar-refractivity contribution is -0.158. The molecule has 112 valence electrons. The van der Waals surface area contributed by atoms with Gasteiger partial charge in [0.05, 0.1) is 12.6 Å². The van der Waals surface area contributed by atoms with Crippen LogP contribution in [-0.4, -0.2) is 51.9 Å². The van der Waals surface area contributed by atoms with E-state index in [1.165, 1.54) is 0 Å². The van der Waals surface area contributed by atoms with Gasteiger partial charge >= 0.3 is 6.18 Å². The second-order valence-corrected chi connectivity index (χ2v) is 5.01. The van der Waals surface area contributed by atoms with Crippen LogP contribution in [0, 0.1) is 0 Å². The fourth-order valence-electron chi connectivity index (χ4n) is 2.35. The van der Waals surface area contributed by atoms with E-state index in [9.17, 15) is 18.0 Å². The highest BCUT2D eigenvalue weighted by Crippen LogP contribution is 2.21. The van der Waals surface area contributed by atoms with Crippen molar-refractivity contribution in [1.29, 1.82) is 0 Å². The SMILES string of the molecule is C[C@H](Cn1cccn1)N[C@H]1CCN(CC(F)(F)F)C1=O. The van der Waals surface area contributed by atoms with Crippen LogP contribution in [-0.2, 0) is 11.3 Å². The maximum absolute atomic E-state index is 12.3. The summed E-state index contributed by atoms with van der Waals surface area (Å²) in [5.74, 6) is -0.477. The molecule has 1 fully saturated rings. The van der Waals surface area contributed by atoms with E-state index in [-0.39, 0.29) is 12.6 Å². The molecule has 20 heavy (non-hydrogen) atoms. The maximum atomic E-state index is 12.3. The zero-order valence-corrected chi connectivity index (χ0v) is 11.1. The summed E-state index contributed by atoms with van der Waals surface area (Å²) in [6.07, 6.45) is -0.493. The fourth-order valence-corrected chi connectivity index (χ4v) is 2.35. The Labute approximate surface area is 114 Å². The predicted octanol–water partition coefficient (Wildman–Crippen LogP) is 1.02. The standard InChI is InChI=1S/C12H17F3N4O/c1-9(7-19-5-2-4-16-19)17-10-3-6-18(11(10)20)8-12(13,14)15/h2,4-5,9-10,17H,3,6-8H2,1H3/t9-,10+/m1/s1. The molecule has 8 heteroatoms. The van der Waals surface area contributed by atoms with Crippen LogP contribution < -0.4 is 5.32 Å². The first-order valence-electron chi connectivity index (χ1n) is 6.44. The number of carbonyl (C=O) groups is 1. The van der Waals surface area contributed by atoms with Crippen molar-refractivity contribution in [3.8, 4) is 0 Å². The van der Waals surface area contributed by atoms with Gasteiger partial charge in [0, 0.05) is 25.0 Å². The van der Waals surface area contributed by atoms with Gasteiger partial charge in [0.15, 0.2) is 0 Å². The fraction of sp³-hybridized carbons (Fsp3) is 0.667. The van der Waals surface area contributed by atoms with E-state index in [0.29, 0.717) is 13.0 Å². The monoisotopic (exact) mass is 290 g/mol. The van der Waals surface area contributed by atoms with Gasteiger partial charge in [-0.25, -0.2) is 0 Å². The Kier molecular flexibility index (Phi) is 4.32. The topological polar surface area (TPSA) is 50.2 Å². The van der Waals surface area contributed by atoms with Gasteiger partial charge in [-0.1, -0.05) is 0 Å². The van der Waals surface area contributed by atoms with Crippen molar-refractivity contribution in [1.82, 2.24) is 20.0 Å². The summed E-state index contributed by atoms with van der Waals surface area (Å²) in [5, 5.41) is 7.11. The van der Waals surface area contributed by atoms with Crippen molar-refractivity contribution >= 4 is 5.91 Å². The second kappa shape index (κ2) is 5.82. The van der Waals surface area contributed by atoms with Gasteiger partial charge in [0.1, 0.15) is 6.54 Å². The average molecular weight is 290 g/mol. The minimum Gasteiger partial charge on any atom is -0.332 e. The van der Waals surface area contributed by atoms with Crippen molar-refractivity contribution in [2.75, 3.05) is 13.1 Å². The summed E-state index contributed by atoms with van der Waals surface area (Å²) in [5.41, 5.74) is 0. The molecule has 1 amide bonds. The summed E-state index contributed by atoms with van der Waals surface area (Å²) in [4.78, 5) is 12.7. The van der Waals surface area contributed by atoms with Crippen molar-refractivity contribution in [3.63, 3.8) is 0 Å². The first kappa shape index (κ1) is 14.8. The Bertz CT molecular complexity index is 446. The minimum atomic E-state index is -4.34. The zero-order valence-electron chi connectivity index (χ0n) is 11.1. The minimum absolute atomic E-state index is 0.0466. The van der Waals surface area contributed by atoms with Gasteiger partial charge in [-0.15, -0.1) is 0 Å². The molecule has 5 nitrogen and oxygen atoms in total. The number of hydrogen-bond donors (Lipinski definition) is 1. The Balaban J connectivity index is 1.83. The molecule has 1 N–H and O–H groups in total. The van der Waals surface area contributed by atoms with Gasteiger partial charge in [-0.2, -0.15) is 18.3 Å². The van der Waals surface area contributed by atoms with Crippen molar-refractivity contribution in [2.45, 2.75) is 38.1 Å². The van der Waals surface area contributed by atoms with Crippen LogP contribution in [0.4, 0.5) is 13.2 Å². The Morgan fingerprint density at radius 1 is 1.55 bits per heavy atom. The van der Waals surface area contributed by atoms with Crippen molar-refractivity contribution < 1.29 is 18.0 Å². The summed E-state index contributed by atoms with van der Waals surface area (Å²) >= 11 is 0. The third-order valence-electron chi connectivity index (χ3n) is 3.17. The highest BCUT2D eigenvalue weighted by Gasteiger charge is 2.39. The lowest BCUT2D eigenvalue weighted by Gasteiger charge is -2.21. The number of halogens is 3. The molecule has 2 atom stereocenters. The summed E-state index contributed by atoms with van der Waals surface area (Å²) in [6, 6.07) is 1.20. The largest absolute Gasteiger partial charge is 0.406 e. The third-order valence-corrected chi connectivity index (χ3v) is 3.17. The molecule has 0 saturated carbocycles. The lowest BCUT2D eigenvalue weighted by Crippen LogP contribution is -2.45. The number of hydrogen-bond acceptors (Lipinski definition) is 3. The van der Waals surface area contributed by atoms with Crippen LogP contribution in [0.25, 0.3) is 0 Å². The van der Waals surface area contributed by atoms with Gasteiger partial charge in [0.2, 0.25) is 5.91 Å². The lowest BCUT2D eigenvalue weighted by atomic mass is 10.2. The number of alkyl halides is 3. The third kappa shape index (κ3) is 3.96. The molecule has 2 heterocycles. The molecule has 1 saturated heterocycles. The zero-order chi connectivity index (χ0) is 14.8. The molecule has 0 bridgehead atoms. The van der Waals surface area contributed by atoms with Gasteiger partial charge in [0.25, 0.3) is 0 Å². The van der Waals surface area contributed by atoms with E-state index in [1.807, 2.05) is 6.92 Å². The highest BCUT2D eigenvalue weighted by atomic mass is 19.4. The molecule has 1 aliphatic heterocycles. The van der Waals surface area contributed by atoms with Crippen LogP contribution >= 0.6 is 0 Å². The molecule has 0 radical (unpaired) electrons. The maximum Gasteiger partial charge on any atom is 0.406 e. The Morgan fingerprint density at radius 3 is 2.90 bits per heavy atom. The Hall–Kier alpha value is -1.57. The van der Waals surface area contributed by atoms with Crippen LogP contribution in [0.2, 0.25) is 0 Å². The van der Waals surface area contributed by atoms with Crippen LogP contribution in [0.1, 0.15) is 13.3 Å². The number of aromatic nitrogens is 2. The smallest absolute Gasteiger partial charge is 0.332 e. The van der Waals surface area contributed by atoms with Crippen molar-refractivity contribution in [3.05, 3.63) is 18.5 Å². The number of nitrogens with one attached hydrogen (secondary N) is 1. The summed E-state index contributed by atoms with van der Waals surface area (Å²) < 4.78 is 38.6. The highest BCUT2D eigenvalue weighted by molar-refractivity contribution is 5.84. The van der Waals surface area contributed by atoms with Crippen LogP contribution in [0.3, 0.4) is 0 Å². The van der Waals surface area contributed by atoms with Gasteiger partial charge < -0.3 is 10.2 Å². The molecular formula is C12H17F3N4O. The second-order valence-electron chi connectivity index (χ2n) is 5.01. The molecule has 0 spiro atoms. The number of amides is 1. The number of likely N-dealkylation sites (tertiary alicyclic amines) is 1. The quantitative estimate of drug-likeness (QED) is 0.881. The van der Waals surface area contributed by atoms with Crippen molar-refractivity contribution in [2.24, 2.45) is 0 Å². The molecule has 1 aromatic heterocycles. The Morgan fingerprint density at radius 2 is 2.30 bits per heavy atom. The molecule has 0 unspecified atom stereocenters. The van der Waals surface area contributed by atoms with Gasteiger partial charge in [-0.3, -0.25) is 9.48 Å². The van der Waals surface area contributed by atoms with E-state index in [2.05, 4.69) is 10.4 Å². The van der Waals surface area contributed by atoms with E-state index in [4.69, 9.17) is 0 Å². The first-order valence-corrected chi connectivity index (χ1v) is 6.44. The van der Waals surface area contributed by atoms with E-state index >= 15 is 0 Å². The molecule has 0 aromatic carbocycles. The van der Waals surface area contributed by atoms with Crippen LogP contribution in [0.5, 0.6) is 0 Å². The normalized spacial score (nSPS) is 21.5. The van der Waals surface area contributed by atoms with Gasteiger partial charge in [-0.05, 0) is 19.4 Å². The molecular weight excluding hydrogens is 273 g/mol.